The van der Waals surface area contributed by atoms with Crippen molar-refractivity contribution in [2.24, 2.45) is 5.92 Å². The molecule has 5 nitrogen and oxygen atoms in total. The molecule has 0 radical (unpaired) electrons. The van der Waals surface area contributed by atoms with Crippen molar-refractivity contribution < 1.29 is 14.1 Å². The van der Waals surface area contributed by atoms with Crippen LogP contribution in [0.15, 0.2) is 34.9 Å². The van der Waals surface area contributed by atoms with Gasteiger partial charge in [-0.05, 0) is 18.6 Å². The van der Waals surface area contributed by atoms with Crippen LogP contribution in [0.5, 0.6) is 0 Å². The molecule has 110 valence electrons. The molecule has 6 heteroatoms. The Morgan fingerprint density at radius 1 is 1.43 bits per heavy atom. The second kappa shape index (κ2) is 6.28. The Kier molecular flexibility index (Phi) is 4.22. The first-order chi connectivity index (χ1) is 10.2. The Bertz CT molecular complexity index is 635. The van der Waals surface area contributed by atoms with Gasteiger partial charge in [-0.1, -0.05) is 28.9 Å². The third-order valence-corrected chi connectivity index (χ3v) is 3.66. The minimum Gasteiger partial charge on any atom is -0.381 e. The van der Waals surface area contributed by atoms with Crippen LogP contribution in [0.4, 0.5) is 0 Å². The van der Waals surface area contributed by atoms with Gasteiger partial charge >= 0.3 is 0 Å². The van der Waals surface area contributed by atoms with E-state index in [2.05, 4.69) is 10.5 Å². The van der Waals surface area contributed by atoms with Crippen LogP contribution in [0.1, 0.15) is 16.9 Å². The molecule has 1 aliphatic rings. The average Bonchev–Trinajstić information content (AvgIpc) is 3.16. The van der Waals surface area contributed by atoms with Gasteiger partial charge in [-0.25, -0.2) is 0 Å². The summed E-state index contributed by atoms with van der Waals surface area (Å²) in [7, 11) is 0. The highest BCUT2D eigenvalue weighted by molar-refractivity contribution is 6.30. The second-order valence-corrected chi connectivity index (χ2v) is 5.46. The molecular formula is C15H15ClN2O3. The molecule has 1 aromatic heterocycles. The van der Waals surface area contributed by atoms with Gasteiger partial charge in [-0.15, -0.1) is 0 Å². The van der Waals surface area contributed by atoms with E-state index in [-0.39, 0.29) is 11.6 Å². The van der Waals surface area contributed by atoms with Crippen LogP contribution in [-0.2, 0) is 4.74 Å². The van der Waals surface area contributed by atoms with Crippen LogP contribution < -0.4 is 5.32 Å². The monoisotopic (exact) mass is 306 g/mol. The first-order valence-corrected chi connectivity index (χ1v) is 7.19. The van der Waals surface area contributed by atoms with E-state index in [1.165, 1.54) is 0 Å². The molecule has 1 aromatic carbocycles. The number of rotatable bonds is 4. The van der Waals surface area contributed by atoms with Gasteiger partial charge < -0.3 is 14.6 Å². The van der Waals surface area contributed by atoms with E-state index < -0.39 is 0 Å². The number of hydrogen-bond acceptors (Lipinski definition) is 4. The minimum atomic E-state index is -0.237. The quantitative estimate of drug-likeness (QED) is 0.943. The van der Waals surface area contributed by atoms with Crippen LogP contribution >= 0.6 is 11.6 Å². The number of nitrogens with one attached hydrogen (secondary N) is 1. The van der Waals surface area contributed by atoms with Crippen molar-refractivity contribution in [3.05, 3.63) is 41.0 Å². The number of hydrogen-bond donors (Lipinski definition) is 1. The molecule has 1 saturated heterocycles. The molecule has 2 aromatic rings. The van der Waals surface area contributed by atoms with Crippen LogP contribution in [0.25, 0.3) is 11.3 Å². The lowest BCUT2D eigenvalue weighted by atomic mass is 10.1. The Balaban J connectivity index is 1.65. The fourth-order valence-corrected chi connectivity index (χ4v) is 2.42. The van der Waals surface area contributed by atoms with E-state index in [1.54, 1.807) is 18.2 Å². The number of aromatic nitrogens is 1. The highest BCUT2D eigenvalue weighted by Crippen LogP contribution is 2.23. The summed E-state index contributed by atoms with van der Waals surface area (Å²) in [6.07, 6.45) is 0.979. The van der Waals surface area contributed by atoms with Crippen molar-refractivity contribution in [2.45, 2.75) is 6.42 Å². The summed E-state index contributed by atoms with van der Waals surface area (Å²) in [6.45, 7) is 2.06. The molecule has 0 unspecified atom stereocenters. The van der Waals surface area contributed by atoms with Gasteiger partial charge in [0.15, 0.2) is 11.5 Å². The molecule has 2 heterocycles. The maximum atomic E-state index is 12.0. The summed E-state index contributed by atoms with van der Waals surface area (Å²) in [5.41, 5.74) is 1.06. The number of amides is 1. The van der Waals surface area contributed by atoms with E-state index in [1.807, 2.05) is 12.1 Å². The van der Waals surface area contributed by atoms with Crippen LogP contribution in [0.2, 0.25) is 5.02 Å². The SMILES string of the molecule is O=C(NC[C@H]1CCOC1)c1cc(-c2cccc(Cl)c2)on1. The predicted octanol–water partition coefficient (Wildman–Crippen LogP) is 2.76. The maximum absolute atomic E-state index is 12.0. The van der Waals surface area contributed by atoms with Crippen LogP contribution in [0.3, 0.4) is 0 Å². The van der Waals surface area contributed by atoms with Gasteiger partial charge in [0.2, 0.25) is 0 Å². The second-order valence-electron chi connectivity index (χ2n) is 5.03. The predicted molar refractivity (Wildman–Crippen MR) is 78.2 cm³/mol. The Morgan fingerprint density at radius 3 is 3.10 bits per heavy atom. The van der Waals surface area contributed by atoms with Crippen molar-refractivity contribution in [2.75, 3.05) is 19.8 Å². The zero-order valence-electron chi connectivity index (χ0n) is 11.3. The van der Waals surface area contributed by atoms with Crippen LogP contribution in [-0.4, -0.2) is 30.8 Å². The molecule has 0 saturated carbocycles. The zero-order chi connectivity index (χ0) is 14.7. The molecule has 1 aliphatic heterocycles. The number of benzene rings is 1. The number of ether oxygens (including phenoxy) is 1. The topological polar surface area (TPSA) is 64.4 Å². The summed E-state index contributed by atoms with van der Waals surface area (Å²) >= 11 is 5.93. The minimum absolute atomic E-state index is 0.237. The molecule has 1 amide bonds. The van der Waals surface area contributed by atoms with Crippen molar-refractivity contribution >= 4 is 17.5 Å². The molecule has 1 fully saturated rings. The molecule has 1 atom stereocenters. The van der Waals surface area contributed by atoms with Gasteiger partial charge in [-0.2, -0.15) is 0 Å². The average molecular weight is 307 g/mol. The number of nitrogens with zero attached hydrogens (tertiary/aromatic N) is 1. The highest BCUT2D eigenvalue weighted by Gasteiger charge is 2.18. The Hall–Kier alpha value is -1.85. The summed E-state index contributed by atoms with van der Waals surface area (Å²) in [6, 6.07) is 8.83. The lowest BCUT2D eigenvalue weighted by Gasteiger charge is -2.07. The van der Waals surface area contributed by atoms with Gasteiger partial charge in [0.1, 0.15) is 0 Å². The highest BCUT2D eigenvalue weighted by atomic mass is 35.5. The van der Waals surface area contributed by atoms with E-state index in [4.69, 9.17) is 20.9 Å². The van der Waals surface area contributed by atoms with Crippen molar-refractivity contribution in [1.82, 2.24) is 10.5 Å². The van der Waals surface area contributed by atoms with Crippen molar-refractivity contribution in [1.29, 1.82) is 0 Å². The van der Waals surface area contributed by atoms with Crippen molar-refractivity contribution in [3.63, 3.8) is 0 Å². The number of halogens is 1. The maximum Gasteiger partial charge on any atom is 0.273 e. The molecule has 1 N–H and O–H groups in total. The summed E-state index contributed by atoms with van der Waals surface area (Å²) in [4.78, 5) is 12.0. The summed E-state index contributed by atoms with van der Waals surface area (Å²) in [5, 5.41) is 7.26. The standard InChI is InChI=1S/C15H15ClN2O3/c16-12-3-1-2-11(6-12)14-7-13(18-21-14)15(19)17-8-10-4-5-20-9-10/h1-3,6-7,10H,4-5,8-9H2,(H,17,19)/t10-/m1/s1. The molecule has 21 heavy (non-hydrogen) atoms. The fraction of sp³-hybridized carbons (Fsp3) is 0.333. The first kappa shape index (κ1) is 14.1. The van der Waals surface area contributed by atoms with E-state index in [9.17, 15) is 4.79 Å². The summed E-state index contributed by atoms with van der Waals surface area (Å²) in [5.74, 6) is 0.666. The fourth-order valence-electron chi connectivity index (χ4n) is 2.23. The van der Waals surface area contributed by atoms with E-state index in [0.29, 0.717) is 29.9 Å². The molecule has 3 rings (SSSR count). The van der Waals surface area contributed by atoms with Gasteiger partial charge in [-0.3, -0.25) is 4.79 Å². The first-order valence-electron chi connectivity index (χ1n) is 6.81. The Labute approximate surface area is 127 Å². The molecule has 0 bridgehead atoms. The molecule has 0 spiro atoms. The molecule has 0 aliphatic carbocycles. The van der Waals surface area contributed by atoms with Gasteiger partial charge in [0.25, 0.3) is 5.91 Å². The van der Waals surface area contributed by atoms with E-state index >= 15 is 0 Å². The zero-order valence-corrected chi connectivity index (χ0v) is 12.1. The van der Waals surface area contributed by atoms with Gasteiger partial charge in [0, 0.05) is 35.7 Å². The number of carbonyl (C=O) groups excluding carboxylic acids is 1. The molecular weight excluding hydrogens is 292 g/mol. The number of carbonyl (C=O) groups is 1. The Morgan fingerprint density at radius 2 is 2.33 bits per heavy atom. The largest absolute Gasteiger partial charge is 0.381 e. The van der Waals surface area contributed by atoms with Gasteiger partial charge in [0.05, 0.1) is 6.61 Å². The summed E-state index contributed by atoms with van der Waals surface area (Å²) < 4.78 is 10.5. The lowest BCUT2D eigenvalue weighted by Crippen LogP contribution is -2.29. The van der Waals surface area contributed by atoms with Crippen molar-refractivity contribution in [3.8, 4) is 11.3 Å². The smallest absolute Gasteiger partial charge is 0.273 e. The lowest BCUT2D eigenvalue weighted by molar-refractivity contribution is 0.0936. The van der Waals surface area contributed by atoms with Crippen LogP contribution in [0, 0.1) is 5.92 Å². The normalized spacial score (nSPS) is 17.9. The van der Waals surface area contributed by atoms with E-state index in [0.717, 1.165) is 18.6 Å². The third-order valence-electron chi connectivity index (χ3n) is 3.43. The third kappa shape index (κ3) is 3.43.